The van der Waals surface area contributed by atoms with Crippen LogP contribution in [-0.2, 0) is 14.8 Å². The summed E-state index contributed by atoms with van der Waals surface area (Å²) in [5.41, 5.74) is 0.240. The zero-order chi connectivity index (χ0) is 21.0. The van der Waals surface area contributed by atoms with E-state index in [9.17, 15) is 18.3 Å². The quantitative estimate of drug-likeness (QED) is 0.753. The number of aliphatic hydroxyl groups excluding tert-OH is 1. The van der Waals surface area contributed by atoms with Crippen molar-refractivity contribution in [1.29, 1.82) is 0 Å². The standard InChI is InChI=1S/C21H25ClN2O4S/c1-23(19-13-7-8-14-20(19)25)21(26)15-24(18-12-6-5-11-17(18)22)29(27,28)16-9-3-2-4-10-16/h2-6,9-12,19-20,25H,7-8,13-15H2,1H3. The molecule has 29 heavy (non-hydrogen) atoms. The molecule has 1 fully saturated rings. The first-order valence-corrected chi connectivity index (χ1v) is 11.4. The molecular formula is C21H25ClN2O4S. The number of para-hydroxylation sites is 1. The van der Waals surface area contributed by atoms with Crippen LogP contribution in [0.3, 0.4) is 0 Å². The number of hydrogen-bond donors (Lipinski definition) is 1. The highest BCUT2D eigenvalue weighted by Crippen LogP contribution is 2.31. The largest absolute Gasteiger partial charge is 0.391 e. The molecule has 1 aliphatic carbocycles. The van der Waals surface area contributed by atoms with Crippen molar-refractivity contribution in [1.82, 2.24) is 4.90 Å². The van der Waals surface area contributed by atoms with Gasteiger partial charge in [0.05, 0.1) is 27.8 Å². The SMILES string of the molecule is CN(C(=O)CN(c1ccccc1Cl)S(=O)(=O)c1ccccc1)C1CCCCC1O. The van der Waals surface area contributed by atoms with E-state index in [1.165, 1.54) is 17.0 Å². The third kappa shape index (κ3) is 4.74. The molecule has 0 radical (unpaired) electrons. The molecule has 1 N–H and O–H groups in total. The van der Waals surface area contributed by atoms with E-state index in [0.29, 0.717) is 12.8 Å². The van der Waals surface area contributed by atoms with Crippen molar-refractivity contribution in [2.75, 3.05) is 17.9 Å². The number of rotatable bonds is 6. The molecule has 0 saturated heterocycles. The molecule has 1 amide bonds. The van der Waals surface area contributed by atoms with Crippen LogP contribution < -0.4 is 4.31 Å². The summed E-state index contributed by atoms with van der Waals surface area (Å²) in [5.74, 6) is -0.393. The Morgan fingerprint density at radius 1 is 1.07 bits per heavy atom. The number of likely N-dealkylation sites (N-methyl/N-ethyl adjacent to an activating group) is 1. The number of hydrogen-bond acceptors (Lipinski definition) is 4. The molecule has 2 aromatic carbocycles. The normalized spacial score (nSPS) is 19.6. The Balaban J connectivity index is 1.94. The highest BCUT2D eigenvalue weighted by Gasteiger charge is 2.33. The van der Waals surface area contributed by atoms with Gasteiger partial charge in [-0.05, 0) is 37.1 Å². The fraction of sp³-hybridized carbons (Fsp3) is 0.381. The van der Waals surface area contributed by atoms with Gasteiger partial charge in [0.1, 0.15) is 6.54 Å². The number of anilines is 1. The topological polar surface area (TPSA) is 77.9 Å². The average molecular weight is 437 g/mol. The highest BCUT2D eigenvalue weighted by atomic mass is 35.5. The molecule has 1 aliphatic rings. The van der Waals surface area contributed by atoms with Gasteiger partial charge in [0.15, 0.2) is 0 Å². The van der Waals surface area contributed by atoms with Crippen LogP contribution in [0.4, 0.5) is 5.69 Å². The van der Waals surface area contributed by atoms with Crippen molar-refractivity contribution in [2.24, 2.45) is 0 Å². The van der Waals surface area contributed by atoms with Crippen molar-refractivity contribution in [3.05, 3.63) is 59.6 Å². The first-order chi connectivity index (χ1) is 13.8. The van der Waals surface area contributed by atoms with Crippen LogP contribution in [0.25, 0.3) is 0 Å². The molecule has 2 aromatic rings. The van der Waals surface area contributed by atoms with E-state index in [-0.39, 0.29) is 21.6 Å². The smallest absolute Gasteiger partial charge is 0.264 e. The second-order valence-electron chi connectivity index (χ2n) is 7.20. The number of sulfonamides is 1. The second kappa shape index (κ2) is 9.15. The summed E-state index contributed by atoms with van der Waals surface area (Å²) in [5, 5.41) is 10.5. The number of carbonyl (C=O) groups is 1. The third-order valence-electron chi connectivity index (χ3n) is 5.32. The molecule has 0 bridgehead atoms. The van der Waals surface area contributed by atoms with Crippen molar-refractivity contribution in [2.45, 2.75) is 42.7 Å². The van der Waals surface area contributed by atoms with E-state index in [0.717, 1.165) is 17.1 Å². The van der Waals surface area contributed by atoms with Crippen LogP contribution in [-0.4, -0.2) is 50.1 Å². The number of amides is 1. The van der Waals surface area contributed by atoms with Gasteiger partial charge >= 0.3 is 0 Å². The Morgan fingerprint density at radius 2 is 1.69 bits per heavy atom. The number of nitrogens with zero attached hydrogens (tertiary/aromatic N) is 2. The zero-order valence-electron chi connectivity index (χ0n) is 16.2. The monoisotopic (exact) mass is 436 g/mol. The molecule has 2 atom stereocenters. The van der Waals surface area contributed by atoms with E-state index < -0.39 is 28.6 Å². The summed E-state index contributed by atoms with van der Waals surface area (Å²) in [7, 11) is -2.40. The Bertz CT molecular complexity index is 952. The maximum Gasteiger partial charge on any atom is 0.264 e. The Morgan fingerprint density at radius 3 is 2.34 bits per heavy atom. The summed E-state index contributed by atoms with van der Waals surface area (Å²) >= 11 is 6.28. The van der Waals surface area contributed by atoms with E-state index in [1.807, 2.05) is 0 Å². The summed E-state index contributed by atoms with van der Waals surface area (Å²) < 4.78 is 27.7. The second-order valence-corrected chi connectivity index (χ2v) is 9.47. The van der Waals surface area contributed by atoms with E-state index in [4.69, 9.17) is 11.6 Å². The maximum absolute atomic E-state index is 13.3. The van der Waals surface area contributed by atoms with Gasteiger partial charge in [-0.1, -0.05) is 54.8 Å². The molecule has 0 aliphatic heterocycles. The number of benzene rings is 2. The Labute approximate surface area is 176 Å². The molecule has 1 saturated carbocycles. The lowest BCUT2D eigenvalue weighted by Gasteiger charge is -2.36. The minimum Gasteiger partial charge on any atom is -0.391 e. The lowest BCUT2D eigenvalue weighted by atomic mass is 9.91. The molecule has 0 heterocycles. The third-order valence-corrected chi connectivity index (χ3v) is 7.41. The predicted molar refractivity (Wildman–Crippen MR) is 113 cm³/mol. The first kappa shape index (κ1) is 21.6. The summed E-state index contributed by atoms with van der Waals surface area (Å²) in [6.45, 7) is -0.402. The molecule has 0 aromatic heterocycles. The molecule has 2 unspecified atom stereocenters. The van der Waals surface area contributed by atoms with Crippen LogP contribution in [0, 0.1) is 0 Å². The summed E-state index contributed by atoms with van der Waals surface area (Å²) in [6.07, 6.45) is 2.58. The Hall–Kier alpha value is -2.09. The van der Waals surface area contributed by atoms with Gasteiger partial charge in [-0.25, -0.2) is 8.42 Å². The van der Waals surface area contributed by atoms with Crippen LogP contribution in [0.15, 0.2) is 59.5 Å². The maximum atomic E-state index is 13.3. The van der Waals surface area contributed by atoms with Gasteiger partial charge in [-0.2, -0.15) is 0 Å². The first-order valence-electron chi connectivity index (χ1n) is 9.58. The summed E-state index contributed by atoms with van der Waals surface area (Å²) in [4.78, 5) is 14.6. The van der Waals surface area contributed by atoms with Crippen LogP contribution in [0.2, 0.25) is 5.02 Å². The van der Waals surface area contributed by atoms with Crippen molar-refractivity contribution < 1.29 is 18.3 Å². The van der Waals surface area contributed by atoms with Crippen LogP contribution in [0.1, 0.15) is 25.7 Å². The van der Waals surface area contributed by atoms with Gasteiger partial charge in [0.25, 0.3) is 10.0 Å². The van der Waals surface area contributed by atoms with Crippen molar-refractivity contribution in [3.63, 3.8) is 0 Å². The van der Waals surface area contributed by atoms with E-state index in [2.05, 4.69) is 0 Å². The van der Waals surface area contributed by atoms with Gasteiger partial charge < -0.3 is 10.0 Å². The molecule has 3 rings (SSSR count). The molecule has 0 spiro atoms. The van der Waals surface area contributed by atoms with Gasteiger partial charge in [-0.3, -0.25) is 9.10 Å². The van der Waals surface area contributed by atoms with E-state index in [1.54, 1.807) is 49.5 Å². The predicted octanol–water partition coefficient (Wildman–Crippen LogP) is 3.30. The highest BCUT2D eigenvalue weighted by molar-refractivity contribution is 7.92. The number of aliphatic hydroxyl groups is 1. The van der Waals surface area contributed by atoms with Crippen LogP contribution >= 0.6 is 11.6 Å². The van der Waals surface area contributed by atoms with Crippen LogP contribution in [0.5, 0.6) is 0 Å². The lowest BCUT2D eigenvalue weighted by molar-refractivity contribution is -0.133. The molecular weight excluding hydrogens is 412 g/mol. The summed E-state index contributed by atoms with van der Waals surface area (Å²) in [6, 6.07) is 14.2. The Kier molecular flexibility index (Phi) is 6.82. The minimum atomic E-state index is -4.01. The minimum absolute atomic E-state index is 0.0769. The average Bonchev–Trinajstić information content (AvgIpc) is 2.73. The fourth-order valence-corrected chi connectivity index (χ4v) is 5.38. The van der Waals surface area contributed by atoms with Gasteiger partial charge in [0, 0.05) is 7.05 Å². The van der Waals surface area contributed by atoms with Crippen molar-refractivity contribution >= 4 is 33.2 Å². The van der Waals surface area contributed by atoms with Gasteiger partial charge in [-0.15, -0.1) is 0 Å². The van der Waals surface area contributed by atoms with Crippen molar-refractivity contribution in [3.8, 4) is 0 Å². The lowest BCUT2D eigenvalue weighted by Crippen LogP contribution is -2.50. The van der Waals surface area contributed by atoms with E-state index >= 15 is 0 Å². The fourth-order valence-electron chi connectivity index (χ4n) is 3.64. The molecule has 8 heteroatoms. The molecule has 6 nitrogen and oxygen atoms in total. The van der Waals surface area contributed by atoms with Gasteiger partial charge in [0.2, 0.25) is 5.91 Å². The zero-order valence-corrected chi connectivity index (χ0v) is 17.8. The molecule has 156 valence electrons. The number of halogens is 1. The number of carbonyl (C=O) groups excluding carboxylic acids is 1.